The number of nitrogens with one attached hydrogen (secondary N) is 1. The smallest absolute Gasteiger partial charge is 0.291 e. The molecule has 2 heterocycles. The number of allylic oxidation sites excluding steroid dienone is 4. The van der Waals surface area contributed by atoms with E-state index < -0.39 is 0 Å². The zero-order valence-electron chi connectivity index (χ0n) is 17.4. The minimum atomic E-state index is -0.349. The van der Waals surface area contributed by atoms with Gasteiger partial charge in [0.05, 0.1) is 0 Å². The predicted molar refractivity (Wildman–Crippen MR) is 118 cm³/mol. The third-order valence-corrected chi connectivity index (χ3v) is 5.88. The van der Waals surface area contributed by atoms with Crippen molar-refractivity contribution in [1.29, 1.82) is 5.26 Å². The molecule has 154 valence electrons. The van der Waals surface area contributed by atoms with Crippen LogP contribution in [0.3, 0.4) is 0 Å². The van der Waals surface area contributed by atoms with Crippen molar-refractivity contribution in [3.63, 3.8) is 0 Å². The first-order chi connectivity index (χ1) is 14.5. The number of likely N-dealkylation sites (N-methyl/N-ethyl adjacent to an activating group) is 1. The van der Waals surface area contributed by atoms with Crippen molar-refractivity contribution in [2.45, 2.75) is 19.3 Å². The molecular formula is C24H26N4O2. The zero-order valence-corrected chi connectivity index (χ0v) is 17.4. The monoisotopic (exact) mass is 402 g/mol. The van der Waals surface area contributed by atoms with Crippen molar-refractivity contribution in [2.75, 3.05) is 43.4 Å². The summed E-state index contributed by atoms with van der Waals surface area (Å²) in [5, 5.41) is 11.9. The van der Waals surface area contributed by atoms with Crippen molar-refractivity contribution in [3.8, 4) is 6.07 Å². The van der Waals surface area contributed by atoms with Crippen molar-refractivity contribution in [2.24, 2.45) is 0 Å². The molecule has 0 radical (unpaired) electrons. The standard InChI is InChI=1S/C24H26N4O2/c1-17-5-3-4-6-20(17)21-15-18(28-13-11-27(2)12-14-28)7-9-22(21)26-24(29)23-10-8-19(16-25)30-23/h3-5,7-10,15,20H,6,11-14H2,1-2H3,(H,26,29). The minimum Gasteiger partial charge on any atom is -0.440 e. The fourth-order valence-corrected chi connectivity index (χ4v) is 4.03. The Kier molecular flexibility index (Phi) is 5.73. The summed E-state index contributed by atoms with van der Waals surface area (Å²) in [6.07, 6.45) is 7.28. The molecule has 0 bridgehead atoms. The fraction of sp³-hybridized carbons (Fsp3) is 0.333. The molecule has 2 aromatic rings. The molecule has 1 aliphatic carbocycles. The number of rotatable bonds is 4. The lowest BCUT2D eigenvalue weighted by molar-refractivity contribution is 0.0996. The van der Waals surface area contributed by atoms with E-state index >= 15 is 0 Å². The van der Waals surface area contributed by atoms with Gasteiger partial charge < -0.3 is 19.5 Å². The summed E-state index contributed by atoms with van der Waals surface area (Å²) < 4.78 is 5.29. The SMILES string of the molecule is CC1=CC=CCC1c1cc(N2CCN(C)CC2)ccc1NC(=O)c1ccc(C#N)o1. The van der Waals surface area contributed by atoms with Gasteiger partial charge in [0.15, 0.2) is 5.76 Å². The highest BCUT2D eigenvalue weighted by molar-refractivity contribution is 6.03. The van der Waals surface area contributed by atoms with Crippen molar-refractivity contribution in [3.05, 3.63) is 71.2 Å². The van der Waals surface area contributed by atoms with Crippen LogP contribution < -0.4 is 10.2 Å². The second-order valence-corrected chi connectivity index (χ2v) is 7.92. The predicted octanol–water partition coefficient (Wildman–Crippen LogP) is 4.15. The van der Waals surface area contributed by atoms with E-state index in [4.69, 9.17) is 9.68 Å². The first kappa shape index (κ1) is 20.0. The topological polar surface area (TPSA) is 72.5 Å². The largest absolute Gasteiger partial charge is 0.440 e. The lowest BCUT2D eigenvalue weighted by Crippen LogP contribution is -2.44. The Balaban J connectivity index is 1.65. The first-order valence-electron chi connectivity index (χ1n) is 10.3. The highest BCUT2D eigenvalue weighted by Crippen LogP contribution is 2.38. The summed E-state index contributed by atoms with van der Waals surface area (Å²) in [6, 6.07) is 11.2. The van der Waals surface area contributed by atoms with Crippen molar-refractivity contribution in [1.82, 2.24) is 4.90 Å². The van der Waals surface area contributed by atoms with E-state index in [1.807, 2.05) is 12.1 Å². The molecule has 4 rings (SSSR count). The van der Waals surface area contributed by atoms with Crippen LogP contribution in [-0.2, 0) is 0 Å². The third kappa shape index (κ3) is 4.17. The molecular weight excluding hydrogens is 376 g/mol. The van der Waals surface area contributed by atoms with Crippen molar-refractivity contribution >= 4 is 17.3 Å². The number of piperazine rings is 1. The number of hydrogen-bond donors (Lipinski definition) is 1. The average Bonchev–Trinajstić information content (AvgIpc) is 3.25. The number of carbonyl (C=O) groups excluding carboxylic acids is 1. The Morgan fingerprint density at radius 1 is 1.20 bits per heavy atom. The lowest BCUT2D eigenvalue weighted by Gasteiger charge is -2.35. The van der Waals surface area contributed by atoms with Crippen LogP contribution in [0.5, 0.6) is 0 Å². The second kappa shape index (κ2) is 8.60. The van der Waals surface area contributed by atoms with Crippen molar-refractivity contribution < 1.29 is 9.21 Å². The molecule has 6 heteroatoms. The number of anilines is 2. The highest BCUT2D eigenvalue weighted by Gasteiger charge is 2.23. The maximum absolute atomic E-state index is 12.7. The van der Waals surface area contributed by atoms with Crippen LogP contribution in [-0.4, -0.2) is 44.0 Å². The van der Waals surface area contributed by atoms with Crippen LogP contribution in [0.2, 0.25) is 0 Å². The summed E-state index contributed by atoms with van der Waals surface area (Å²) in [5.74, 6) is 0.125. The van der Waals surface area contributed by atoms with Crippen LogP contribution in [0, 0.1) is 11.3 Å². The molecule has 1 aliphatic heterocycles. The number of amides is 1. The van der Waals surface area contributed by atoms with Crippen LogP contribution >= 0.6 is 0 Å². The molecule has 1 fully saturated rings. The van der Waals surface area contributed by atoms with Gasteiger partial charge in [0, 0.05) is 43.5 Å². The molecule has 1 unspecified atom stereocenters. The van der Waals surface area contributed by atoms with Crippen LogP contribution in [0.25, 0.3) is 0 Å². The normalized spacial score (nSPS) is 19.3. The first-order valence-corrected chi connectivity index (χ1v) is 10.3. The Hall–Kier alpha value is -3.30. The number of nitrogens with zero attached hydrogens (tertiary/aromatic N) is 3. The van der Waals surface area contributed by atoms with E-state index in [1.165, 1.54) is 23.4 Å². The van der Waals surface area contributed by atoms with E-state index in [-0.39, 0.29) is 23.3 Å². The second-order valence-electron chi connectivity index (χ2n) is 7.92. The van der Waals surface area contributed by atoms with Crippen LogP contribution in [0.4, 0.5) is 11.4 Å². The third-order valence-electron chi connectivity index (χ3n) is 5.88. The molecule has 1 N–H and O–H groups in total. The minimum absolute atomic E-state index is 0.127. The molecule has 2 aliphatic rings. The summed E-state index contributed by atoms with van der Waals surface area (Å²) in [4.78, 5) is 17.5. The van der Waals surface area contributed by atoms with Gasteiger partial charge in [-0.1, -0.05) is 23.8 Å². The maximum atomic E-state index is 12.7. The number of furan rings is 1. The van der Waals surface area contributed by atoms with E-state index in [2.05, 4.69) is 59.4 Å². The molecule has 1 aromatic heterocycles. The molecule has 1 aromatic carbocycles. The Morgan fingerprint density at radius 3 is 2.70 bits per heavy atom. The van der Waals surface area contributed by atoms with Gasteiger partial charge in [-0.3, -0.25) is 4.79 Å². The van der Waals surface area contributed by atoms with Crippen LogP contribution in [0.15, 0.2) is 58.6 Å². The van der Waals surface area contributed by atoms with Gasteiger partial charge >= 0.3 is 0 Å². The Morgan fingerprint density at radius 2 is 2.00 bits per heavy atom. The highest BCUT2D eigenvalue weighted by atomic mass is 16.3. The molecule has 0 saturated carbocycles. The van der Waals surface area contributed by atoms with Gasteiger partial charge in [0.2, 0.25) is 5.76 Å². The molecule has 1 saturated heterocycles. The van der Waals surface area contributed by atoms with Gasteiger partial charge in [-0.2, -0.15) is 5.26 Å². The van der Waals surface area contributed by atoms with E-state index in [9.17, 15) is 4.79 Å². The number of carbonyl (C=O) groups is 1. The van der Waals surface area contributed by atoms with Gasteiger partial charge in [-0.25, -0.2) is 0 Å². The number of benzene rings is 1. The lowest BCUT2D eigenvalue weighted by atomic mass is 9.85. The summed E-state index contributed by atoms with van der Waals surface area (Å²) in [6.45, 7) is 6.19. The number of hydrogen-bond acceptors (Lipinski definition) is 5. The molecule has 1 atom stereocenters. The molecule has 0 spiro atoms. The molecule has 30 heavy (non-hydrogen) atoms. The van der Waals surface area contributed by atoms with Crippen LogP contribution in [0.1, 0.15) is 41.1 Å². The molecule has 1 amide bonds. The average molecular weight is 402 g/mol. The quantitative estimate of drug-likeness (QED) is 0.832. The van der Waals surface area contributed by atoms with E-state index in [0.29, 0.717) is 0 Å². The summed E-state index contributed by atoms with van der Waals surface area (Å²) in [7, 11) is 2.15. The fourth-order valence-electron chi connectivity index (χ4n) is 4.03. The van der Waals surface area contributed by atoms with Gasteiger partial charge in [0.1, 0.15) is 6.07 Å². The Labute approximate surface area is 177 Å². The van der Waals surface area contributed by atoms with E-state index in [1.54, 1.807) is 0 Å². The number of nitriles is 1. The Bertz CT molecular complexity index is 1040. The zero-order chi connectivity index (χ0) is 21.1. The maximum Gasteiger partial charge on any atom is 0.291 e. The van der Waals surface area contributed by atoms with Gasteiger partial charge in [-0.15, -0.1) is 0 Å². The molecule has 6 nitrogen and oxygen atoms in total. The van der Waals surface area contributed by atoms with Gasteiger partial charge in [-0.05, 0) is 56.3 Å². The van der Waals surface area contributed by atoms with E-state index in [0.717, 1.165) is 43.9 Å². The summed E-state index contributed by atoms with van der Waals surface area (Å²) >= 11 is 0. The van der Waals surface area contributed by atoms with Gasteiger partial charge in [0.25, 0.3) is 5.91 Å². The summed E-state index contributed by atoms with van der Waals surface area (Å²) in [5.41, 5.74) is 4.34.